The number of carbonyl (C=O) groups is 2. The molecule has 2 aromatic carbocycles. The van der Waals surface area contributed by atoms with Crippen LogP contribution in [0.5, 0.6) is 0 Å². The van der Waals surface area contributed by atoms with Gasteiger partial charge in [-0.3, -0.25) is 19.7 Å². The summed E-state index contributed by atoms with van der Waals surface area (Å²) in [6.07, 6.45) is 0. The third kappa shape index (κ3) is 4.06. The van der Waals surface area contributed by atoms with Gasteiger partial charge in [-0.15, -0.1) is 0 Å². The van der Waals surface area contributed by atoms with Crippen molar-refractivity contribution in [3.05, 3.63) is 81.2 Å². The molecule has 0 bridgehead atoms. The van der Waals surface area contributed by atoms with Gasteiger partial charge in [-0.2, -0.15) is 0 Å². The van der Waals surface area contributed by atoms with Crippen LogP contribution in [-0.2, 0) is 9.59 Å². The van der Waals surface area contributed by atoms with E-state index >= 15 is 0 Å². The van der Waals surface area contributed by atoms with E-state index in [1.165, 1.54) is 35.2 Å². The SMILES string of the molecule is CN(C)CCN1C(=O)C(=O)/C(=C(/O)c2ccc(F)cc2)C1c1cccc([N+](=O)[O-])c1. The Morgan fingerprint density at radius 2 is 1.87 bits per heavy atom. The molecule has 30 heavy (non-hydrogen) atoms. The van der Waals surface area contributed by atoms with E-state index in [0.29, 0.717) is 12.1 Å². The number of hydrogen-bond donors (Lipinski definition) is 1. The number of likely N-dealkylation sites (N-methyl/N-ethyl adjacent to an activating group) is 1. The first-order chi connectivity index (χ1) is 14.2. The van der Waals surface area contributed by atoms with Crippen LogP contribution in [0.25, 0.3) is 5.76 Å². The van der Waals surface area contributed by atoms with Gasteiger partial charge in [0, 0.05) is 30.8 Å². The third-order valence-electron chi connectivity index (χ3n) is 4.84. The van der Waals surface area contributed by atoms with Crippen LogP contribution in [0.15, 0.2) is 54.1 Å². The summed E-state index contributed by atoms with van der Waals surface area (Å²) in [6.45, 7) is 0.611. The van der Waals surface area contributed by atoms with Gasteiger partial charge in [0.15, 0.2) is 0 Å². The number of likely N-dealkylation sites (tertiary alicyclic amines) is 1. The number of nitro groups is 1. The summed E-state index contributed by atoms with van der Waals surface area (Å²) < 4.78 is 13.3. The van der Waals surface area contributed by atoms with Gasteiger partial charge in [-0.1, -0.05) is 12.1 Å². The van der Waals surface area contributed by atoms with E-state index in [-0.39, 0.29) is 23.4 Å². The second kappa shape index (κ2) is 8.42. The van der Waals surface area contributed by atoms with Gasteiger partial charge in [0.25, 0.3) is 17.4 Å². The zero-order chi connectivity index (χ0) is 22.0. The Morgan fingerprint density at radius 3 is 2.47 bits per heavy atom. The molecule has 1 aliphatic rings. The monoisotopic (exact) mass is 413 g/mol. The Labute approximate surface area is 172 Å². The van der Waals surface area contributed by atoms with E-state index in [2.05, 4.69) is 0 Å². The molecule has 2 aromatic rings. The zero-order valence-electron chi connectivity index (χ0n) is 16.4. The van der Waals surface area contributed by atoms with Crippen molar-refractivity contribution < 1.29 is 24.0 Å². The molecule has 0 spiro atoms. The quantitative estimate of drug-likeness (QED) is 0.257. The summed E-state index contributed by atoms with van der Waals surface area (Å²) >= 11 is 0. The molecule has 3 rings (SSSR count). The average molecular weight is 413 g/mol. The Balaban J connectivity index is 2.17. The number of aliphatic hydroxyl groups excluding tert-OH is 1. The molecule has 0 saturated carbocycles. The standard InChI is InChI=1S/C21H20FN3O5/c1-23(2)10-11-24-18(14-4-3-5-16(12-14)25(29)30)17(20(27)21(24)28)19(26)13-6-8-15(22)9-7-13/h3-9,12,18,26H,10-11H2,1-2H3/b19-17+. The smallest absolute Gasteiger partial charge is 0.295 e. The van der Waals surface area contributed by atoms with Gasteiger partial charge in [-0.05, 0) is 43.9 Å². The summed E-state index contributed by atoms with van der Waals surface area (Å²) in [6, 6.07) is 9.42. The molecule has 1 heterocycles. The Kier molecular flexibility index (Phi) is 5.93. The molecule has 1 N–H and O–H groups in total. The maximum atomic E-state index is 13.3. The van der Waals surface area contributed by atoms with Crippen LogP contribution in [0.2, 0.25) is 0 Å². The Morgan fingerprint density at radius 1 is 1.20 bits per heavy atom. The van der Waals surface area contributed by atoms with Crippen molar-refractivity contribution in [1.82, 2.24) is 9.80 Å². The second-order valence-electron chi connectivity index (χ2n) is 7.15. The lowest BCUT2D eigenvalue weighted by Gasteiger charge is -2.26. The molecule has 1 saturated heterocycles. The molecule has 1 aliphatic heterocycles. The molecular formula is C21H20FN3O5. The van der Waals surface area contributed by atoms with E-state index in [4.69, 9.17) is 0 Å². The van der Waals surface area contributed by atoms with Crippen molar-refractivity contribution in [3.63, 3.8) is 0 Å². The Hall–Kier alpha value is -3.59. The Bertz CT molecular complexity index is 1030. The van der Waals surface area contributed by atoms with Crippen LogP contribution >= 0.6 is 0 Å². The molecule has 0 aliphatic carbocycles. The highest BCUT2D eigenvalue weighted by atomic mass is 19.1. The van der Waals surface area contributed by atoms with Crippen molar-refractivity contribution in [3.8, 4) is 0 Å². The van der Waals surface area contributed by atoms with Crippen LogP contribution in [-0.4, -0.2) is 58.7 Å². The number of Topliss-reactive ketones (excluding diaryl/α,β-unsaturated/α-hetero) is 1. The normalized spacial score (nSPS) is 18.3. The molecule has 1 fully saturated rings. The number of ketones is 1. The number of benzene rings is 2. The molecule has 1 amide bonds. The van der Waals surface area contributed by atoms with Crippen molar-refractivity contribution in [2.24, 2.45) is 0 Å². The van der Waals surface area contributed by atoms with Crippen LogP contribution < -0.4 is 0 Å². The van der Waals surface area contributed by atoms with E-state index < -0.39 is 34.2 Å². The summed E-state index contributed by atoms with van der Waals surface area (Å²) in [5.74, 6) is -2.69. The highest BCUT2D eigenvalue weighted by Crippen LogP contribution is 2.40. The van der Waals surface area contributed by atoms with Crippen LogP contribution in [0, 0.1) is 15.9 Å². The number of hydrogen-bond acceptors (Lipinski definition) is 6. The number of rotatable bonds is 6. The number of halogens is 1. The first-order valence-corrected chi connectivity index (χ1v) is 9.14. The van der Waals surface area contributed by atoms with Gasteiger partial charge in [0.2, 0.25) is 0 Å². The van der Waals surface area contributed by atoms with Gasteiger partial charge < -0.3 is 14.9 Å². The number of nitrogens with zero attached hydrogens (tertiary/aromatic N) is 3. The molecule has 1 unspecified atom stereocenters. The van der Waals surface area contributed by atoms with Crippen molar-refractivity contribution >= 4 is 23.1 Å². The van der Waals surface area contributed by atoms with Crippen LogP contribution in [0.1, 0.15) is 17.2 Å². The fourth-order valence-electron chi connectivity index (χ4n) is 3.34. The van der Waals surface area contributed by atoms with Crippen molar-refractivity contribution in [2.45, 2.75) is 6.04 Å². The maximum Gasteiger partial charge on any atom is 0.295 e. The van der Waals surface area contributed by atoms with E-state index in [9.17, 15) is 29.2 Å². The lowest BCUT2D eigenvalue weighted by molar-refractivity contribution is -0.384. The third-order valence-corrected chi connectivity index (χ3v) is 4.84. The fraction of sp³-hybridized carbons (Fsp3) is 0.238. The molecule has 8 nitrogen and oxygen atoms in total. The van der Waals surface area contributed by atoms with Gasteiger partial charge in [-0.25, -0.2) is 4.39 Å². The number of aliphatic hydroxyl groups is 1. The first-order valence-electron chi connectivity index (χ1n) is 9.14. The topological polar surface area (TPSA) is 104 Å². The van der Waals surface area contributed by atoms with Crippen LogP contribution in [0.4, 0.5) is 10.1 Å². The summed E-state index contributed by atoms with van der Waals surface area (Å²) in [4.78, 5) is 39.3. The lowest BCUT2D eigenvalue weighted by atomic mass is 9.95. The number of non-ortho nitro benzene ring substituents is 1. The fourth-order valence-corrected chi connectivity index (χ4v) is 3.34. The molecule has 0 radical (unpaired) electrons. The first kappa shape index (κ1) is 21.1. The highest BCUT2D eigenvalue weighted by molar-refractivity contribution is 6.46. The lowest BCUT2D eigenvalue weighted by Crippen LogP contribution is -2.35. The summed E-state index contributed by atoms with van der Waals surface area (Å²) in [5, 5.41) is 22.0. The zero-order valence-corrected chi connectivity index (χ0v) is 16.4. The minimum atomic E-state index is -1.00. The summed E-state index contributed by atoms with van der Waals surface area (Å²) in [5.41, 5.74) is 0.0987. The molecule has 1 atom stereocenters. The predicted octanol–water partition coefficient (Wildman–Crippen LogP) is 2.72. The van der Waals surface area contributed by atoms with Gasteiger partial charge >= 0.3 is 0 Å². The minimum Gasteiger partial charge on any atom is -0.507 e. The molecule has 156 valence electrons. The van der Waals surface area contributed by atoms with E-state index in [1.807, 2.05) is 4.90 Å². The second-order valence-corrected chi connectivity index (χ2v) is 7.15. The largest absolute Gasteiger partial charge is 0.507 e. The number of amides is 1. The van der Waals surface area contributed by atoms with Crippen LogP contribution in [0.3, 0.4) is 0 Å². The predicted molar refractivity (Wildman–Crippen MR) is 107 cm³/mol. The van der Waals surface area contributed by atoms with Gasteiger partial charge in [0.1, 0.15) is 11.6 Å². The highest BCUT2D eigenvalue weighted by Gasteiger charge is 2.46. The number of nitro benzene ring substituents is 1. The molecular weight excluding hydrogens is 393 g/mol. The number of carbonyl (C=O) groups excluding carboxylic acids is 2. The van der Waals surface area contributed by atoms with E-state index in [0.717, 1.165) is 12.1 Å². The van der Waals surface area contributed by atoms with Gasteiger partial charge in [0.05, 0.1) is 16.5 Å². The minimum absolute atomic E-state index is 0.164. The average Bonchev–Trinajstić information content (AvgIpc) is 2.97. The maximum absolute atomic E-state index is 13.3. The van der Waals surface area contributed by atoms with E-state index in [1.54, 1.807) is 20.2 Å². The molecule has 0 aromatic heterocycles. The molecule has 9 heteroatoms. The van der Waals surface area contributed by atoms with Crippen molar-refractivity contribution in [2.75, 3.05) is 27.2 Å². The summed E-state index contributed by atoms with van der Waals surface area (Å²) in [7, 11) is 3.61. The van der Waals surface area contributed by atoms with Crippen molar-refractivity contribution in [1.29, 1.82) is 0 Å².